The largest absolute Gasteiger partial charge is 0.0616 e. The quantitative estimate of drug-likeness (QED) is 0.193. The van der Waals surface area contributed by atoms with Gasteiger partial charge < -0.3 is 0 Å². The van der Waals surface area contributed by atoms with Crippen molar-refractivity contribution in [2.45, 2.75) is 27.7 Å². The molecule has 0 aliphatic rings. The standard InChI is InChI=1S/C42H32/c1-25-13-15-29(21-27(25)3)31-17-19-35-33-9-5-8-12-38(33)42-40-24-32(30-16-14-26(2)28(4)22-30)18-20-36(40)34-10-6-7-11-37(34)41(42)39(35)23-31/h5-24H,1-4H3. The van der Waals surface area contributed by atoms with E-state index in [4.69, 9.17) is 0 Å². The van der Waals surface area contributed by atoms with Crippen molar-refractivity contribution in [3.8, 4) is 22.3 Å². The number of fused-ring (bicyclic) bond motifs is 11. The van der Waals surface area contributed by atoms with Crippen molar-refractivity contribution in [2.75, 3.05) is 0 Å². The van der Waals surface area contributed by atoms with E-state index >= 15 is 0 Å². The van der Waals surface area contributed by atoms with Crippen LogP contribution in [0.15, 0.2) is 121 Å². The monoisotopic (exact) mass is 536 g/mol. The minimum Gasteiger partial charge on any atom is -0.0616 e. The lowest BCUT2D eigenvalue weighted by Crippen LogP contribution is -1.90. The molecule has 0 heteroatoms. The van der Waals surface area contributed by atoms with Crippen molar-refractivity contribution in [1.29, 1.82) is 0 Å². The molecular formula is C42H32. The Morgan fingerprint density at radius 2 is 0.595 bits per heavy atom. The second-order valence-electron chi connectivity index (χ2n) is 12.0. The summed E-state index contributed by atoms with van der Waals surface area (Å²) in [4.78, 5) is 0. The van der Waals surface area contributed by atoms with Crippen LogP contribution in [0.3, 0.4) is 0 Å². The van der Waals surface area contributed by atoms with Crippen molar-refractivity contribution in [3.05, 3.63) is 144 Å². The van der Waals surface area contributed by atoms with E-state index in [2.05, 4.69) is 149 Å². The van der Waals surface area contributed by atoms with Crippen molar-refractivity contribution in [2.24, 2.45) is 0 Å². The molecule has 0 nitrogen and oxygen atoms in total. The summed E-state index contributed by atoms with van der Waals surface area (Å²) < 4.78 is 0. The second kappa shape index (κ2) is 9.29. The molecule has 8 aromatic rings. The molecule has 0 aliphatic carbocycles. The summed E-state index contributed by atoms with van der Waals surface area (Å²) in [7, 11) is 0. The molecule has 0 atom stereocenters. The van der Waals surface area contributed by atoms with Crippen molar-refractivity contribution in [3.63, 3.8) is 0 Å². The van der Waals surface area contributed by atoms with Gasteiger partial charge in [-0.15, -0.1) is 0 Å². The van der Waals surface area contributed by atoms with Gasteiger partial charge in [0.15, 0.2) is 0 Å². The Morgan fingerprint density at radius 3 is 1.00 bits per heavy atom. The van der Waals surface area contributed by atoms with Crippen LogP contribution in [0.1, 0.15) is 22.3 Å². The van der Waals surface area contributed by atoms with Gasteiger partial charge in [-0.2, -0.15) is 0 Å². The van der Waals surface area contributed by atoms with Crippen LogP contribution < -0.4 is 0 Å². The predicted octanol–water partition coefficient (Wildman–Crippen LogP) is 12.0. The second-order valence-corrected chi connectivity index (χ2v) is 12.0. The van der Waals surface area contributed by atoms with Gasteiger partial charge in [0.25, 0.3) is 0 Å². The smallest absolute Gasteiger partial charge is 0.00137 e. The maximum Gasteiger partial charge on any atom is -0.00137 e. The molecule has 8 rings (SSSR count). The van der Waals surface area contributed by atoms with Gasteiger partial charge in [0, 0.05) is 0 Å². The van der Waals surface area contributed by atoms with E-state index in [1.54, 1.807) is 0 Å². The number of hydrogen-bond donors (Lipinski definition) is 0. The highest BCUT2D eigenvalue weighted by atomic mass is 14.2. The lowest BCUT2D eigenvalue weighted by atomic mass is 9.85. The fourth-order valence-electron chi connectivity index (χ4n) is 6.87. The van der Waals surface area contributed by atoms with Crippen LogP contribution in [0.5, 0.6) is 0 Å². The molecule has 0 fully saturated rings. The molecule has 0 saturated heterocycles. The summed E-state index contributed by atoms with van der Waals surface area (Å²) in [6.45, 7) is 8.77. The fraction of sp³-hybridized carbons (Fsp3) is 0.0952. The van der Waals surface area contributed by atoms with Crippen LogP contribution in [-0.2, 0) is 0 Å². The molecule has 0 N–H and O–H groups in total. The minimum absolute atomic E-state index is 1.26. The molecule has 0 unspecified atom stereocenters. The van der Waals surface area contributed by atoms with Gasteiger partial charge in [-0.3, -0.25) is 0 Å². The normalized spacial score (nSPS) is 11.8. The van der Waals surface area contributed by atoms with Gasteiger partial charge in [-0.1, -0.05) is 109 Å². The maximum absolute atomic E-state index is 2.43. The Labute approximate surface area is 246 Å². The van der Waals surface area contributed by atoms with E-state index in [9.17, 15) is 0 Å². The third-order valence-corrected chi connectivity index (χ3v) is 9.48. The van der Waals surface area contributed by atoms with Gasteiger partial charge in [0.2, 0.25) is 0 Å². The van der Waals surface area contributed by atoms with Crippen LogP contribution >= 0.6 is 0 Å². The predicted molar refractivity (Wildman–Crippen MR) is 184 cm³/mol. The molecular weight excluding hydrogens is 504 g/mol. The van der Waals surface area contributed by atoms with Gasteiger partial charge in [-0.25, -0.2) is 0 Å². The van der Waals surface area contributed by atoms with Gasteiger partial charge >= 0.3 is 0 Å². The van der Waals surface area contributed by atoms with E-state index in [1.807, 2.05) is 0 Å². The minimum atomic E-state index is 1.26. The molecule has 0 spiro atoms. The molecule has 0 heterocycles. The first-order valence-electron chi connectivity index (χ1n) is 14.9. The Kier molecular flexibility index (Phi) is 5.49. The highest BCUT2D eigenvalue weighted by molar-refractivity contribution is 6.39. The topological polar surface area (TPSA) is 0 Å². The molecule has 0 radical (unpaired) electrons. The molecule has 0 amide bonds. The van der Waals surface area contributed by atoms with Crippen LogP contribution in [0.2, 0.25) is 0 Å². The Balaban J connectivity index is 1.57. The summed E-state index contributed by atoms with van der Waals surface area (Å²) in [5.74, 6) is 0. The summed E-state index contributed by atoms with van der Waals surface area (Å²) >= 11 is 0. The van der Waals surface area contributed by atoms with Crippen LogP contribution in [0.25, 0.3) is 76.1 Å². The average molecular weight is 537 g/mol. The zero-order chi connectivity index (χ0) is 28.5. The zero-order valence-corrected chi connectivity index (χ0v) is 24.5. The van der Waals surface area contributed by atoms with Crippen LogP contribution in [0.4, 0.5) is 0 Å². The molecule has 0 saturated carbocycles. The number of benzene rings is 8. The van der Waals surface area contributed by atoms with Crippen molar-refractivity contribution >= 4 is 53.9 Å². The summed E-state index contributed by atoms with van der Waals surface area (Å²) in [6.07, 6.45) is 0. The highest BCUT2D eigenvalue weighted by Gasteiger charge is 2.17. The maximum atomic E-state index is 2.43. The van der Waals surface area contributed by atoms with Crippen LogP contribution in [0, 0.1) is 27.7 Å². The van der Waals surface area contributed by atoms with Gasteiger partial charge in [0.05, 0.1) is 0 Å². The third-order valence-electron chi connectivity index (χ3n) is 9.48. The number of rotatable bonds is 2. The van der Waals surface area contributed by atoms with E-state index in [-0.39, 0.29) is 0 Å². The molecule has 8 aromatic carbocycles. The average Bonchev–Trinajstić information content (AvgIpc) is 3.03. The van der Waals surface area contributed by atoms with Crippen LogP contribution in [-0.4, -0.2) is 0 Å². The fourth-order valence-corrected chi connectivity index (χ4v) is 6.87. The van der Waals surface area contributed by atoms with Gasteiger partial charge in [-0.05, 0) is 138 Å². The van der Waals surface area contributed by atoms with E-state index < -0.39 is 0 Å². The van der Waals surface area contributed by atoms with Gasteiger partial charge in [0.1, 0.15) is 0 Å². The lowest BCUT2D eigenvalue weighted by molar-refractivity contribution is 1.34. The van der Waals surface area contributed by atoms with Crippen molar-refractivity contribution in [1.82, 2.24) is 0 Å². The summed E-state index contributed by atoms with van der Waals surface area (Å²) in [5.41, 5.74) is 10.4. The van der Waals surface area contributed by atoms with E-state index in [0.717, 1.165) is 0 Å². The molecule has 200 valence electrons. The zero-order valence-electron chi connectivity index (χ0n) is 24.5. The van der Waals surface area contributed by atoms with Crippen molar-refractivity contribution < 1.29 is 0 Å². The Hall–Kier alpha value is -4.94. The number of aryl methyl sites for hydroxylation is 4. The Morgan fingerprint density at radius 1 is 0.262 bits per heavy atom. The van der Waals surface area contributed by atoms with E-state index in [0.29, 0.717) is 0 Å². The molecule has 42 heavy (non-hydrogen) atoms. The first-order valence-corrected chi connectivity index (χ1v) is 14.9. The molecule has 0 aliphatic heterocycles. The third kappa shape index (κ3) is 3.68. The first kappa shape index (κ1) is 24.8. The number of hydrogen-bond acceptors (Lipinski definition) is 0. The lowest BCUT2D eigenvalue weighted by Gasteiger charge is -2.18. The van der Waals surface area contributed by atoms with E-state index in [1.165, 1.54) is 98.4 Å². The summed E-state index contributed by atoms with van der Waals surface area (Å²) in [5, 5.41) is 13.2. The first-order chi connectivity index (χ1) is 20.5. The Bertz CT molecular complexity index is 2220. The molecule has 0 aromatic heterocycles. The highest BCUT2D eigenvalue weighted by Crippen LogP contribution is 2.45. The SMILES string of the molecule is Cc1ccc(-c2ccc3c4ccccc4c4c5cc(-c6ccc(C)c(C)c6)ccc5c5ccccc5c4c3c2)cc1C. The molecule has 0 bridgehead atoms. The summed E-state index contributed by atoms with van der Waals surface area (Å²) in [6, 6.07) is 45.7.